The van der Waals surface area contributed by atoms with E-state index in [-0.39, 0.29) is 11.4 Å². The molecule has 0 aliphatic rings. The smallest absolute Gasteiger partial charge is 0.339 e. The molecule has 0 saturated heterocycles. The monoisotopic (exact) mass is 476 g/mol. The number of hydrogen-bond acceptors (Lipinski definition) is 5. The highest BCUT2D eigenvalue weighted by molar-refractivity contribution is 9.10. The van der Waals surface area contributed by atoms with E-state index in [9.17, 15) is 13.2 Å². The van der Waals surface area contributed by atoms with E-state index in [0.29, 0.717) is 17.2 Å². The summed E-state index contributed by atoms with van der Waals surface area (Å²) < 4.78 is 33.3. The summed E-state index contributed by atoms with van der Waals surface area (Å²) in [4.78, 5) is 11.9. The molecule has 10 heteroatoms. The summed E-state index contributed by atoms with van der Waals surface area (Å²) in [5, 5.41) is 6.41. The van der Waals surface area contributed by atoms with Crippen LogP contribution in [0, 0.1) is 0 Å². The van der Waals surface area contributed by atoms with Gasteiger partial charge in [-0.2, -0.15) is 5.10 Å². The molecular weight excluding hydrogens is 460 g/mol. The van der Waals surface area contributed by atoms with Gasteiger partial charge in [-0.05, 0) is 48.5 Å². The van der Waals surface area contributed by atoms with Crippen LogP contribution in [-0.4, -0.2) is 20.7 Å². The zero-order chi connectivity index (χ0) is 20.7. The second kappa shape index (κ2) is 9.50. The van der Waals surface area contributed by atoms with Gasteiger partial charge in [0, 0.05) is 10.2 Å². The van der Waals surface area contributed by atoms with Crippen molar-refractivity contribution in [3.8, 4) is 0 Å². The maximum absolute atomic E-state index is 12.3. The normalized spacial score (nSPS) is 11.5. The number of carbonyl (C=O) groups excluding carboxylic acids is 1. The van der Waals surface area contributed by atoms with Crippen molar-refractivity contribution in [1.29, 1.82) is 0 Å². The van der Waals surface area contributed by atoms with Crippen molar-refractivity contribution in [1.82, 2.24) is 10.1 Å². The fraction of sp³-hybridized carbons (Fsp3) is 0.0526. The summed E-state index contributed by atoms with van der Waals surface area (Å²) in [6.07, 6.45) is 1.32. The van der Waals surface area contributed by atoms with E-state index >= 15 is 0 Å². The van der Waals surface area contributed by atoms with Gasteiger partial charge in [0.05, 0.1) is 17.7 Å². The largest absolute Gasteiger partial charge is 0.459 e. The van der Waals surface area contributed by atoms with Gasteiger partial charge in [-0.15, -0.1) is 0 Å². The van der Waals surface area contributed by atoms with Crippen molar-refractivity contribution in [2.75, 3.05) is 5.32 Å². The van der Waals surface area contributed by atoms with Gasteiger partial charge in [-0.1, -0.05) is 34.1 Å². The minimum atomic E-state index is -3.65. The standard InChI is InChI=1S/C19H17BrN4O4S/c20-14-6-10-18(11-7-14)29(26,27)22-13-17-9-8-16(28-17)12-21-24-19(25)23-15-4-2-1-3-5-15/h1-12,22H,13H2,(H2,23,24,25)/b21-12-. The Labute approximate surface area is 176 Å². The Morgan fingerprint density at radius 2 is 1.76 bits per heavy atom. The van der Waals surface area contributed by atoms with E-state index in [0.717, 1.165) is 4.47 Å². The van der Waals surface area contributed by atoms with Crippen LogP contribution in [0.5, 0.6) is 0 Å². The first-order valence-electron chi connectivity index (χ1n) is 8.41. The number of rotatable bonds is 7. The summed E-state index contributed by atoms with van der Waals surface area (Å²) in [6, 6.07) is 18.0. The number of furan rings is 1. The molecule has 2 aromatic carbocycles. The number of halogens is 1. The minimum absolute atomic E-state index is 0.0197. The molecule has 1 aromatic heterocycles. The van der Waals surface area contributed by atoms with E-state index in [1.165, 1.54) is 18.3 Å². The van der Waals surface area contributed by atoms with Crippen molar-refractivity contribution in [2.24, 2.45) is 5.10 Å². The van der Waals surface area contributed by atoms with Crippen LogP contribution in [0.2, 0.25) is 0 Å². The molecule has 3 rings (SSSR count). The lowest BCUT2D eigenvalue weighted by molar-refractivity contribution is 0.252. The summed E-state index contributed by atoms with van der Waals surface area (Å²) in [7, 11) is -3.65. The highest BCUT2D eigenvalue weighted by atomic mass is 79.9. The second-order valence-corrected chi connectivity index (χ2v) is 8.46. The lowest BCUT2D eigenvalue weighted by atomic mass is 10.3. The van der Waals surface area contributed by atoms with Crippen LogP contribution in [0.4, 0.5) is 10.5 Å². The number of urea groups is 1. The number of sulfonamides is 1. The Hall–Kier alpha value is -2.95. The van der Waals surface area contributed by atoms with Crippen LogP contribution >= 0.6 is 15.9 Å². The third-order valence-electron chi connectivity index (χ3n) is 3.63. The van der Waals surface area contributed by atoms with Crippen LogP contribution in [0.3, 0.4) is 0 Å². The van der Waals surface area contributed by atoms with Gasteiger partial charge in [0.25, 0.3) is 0 Å². The van der Waals surface area contributed by atoms with Crippen molar-refractivity contribution in [2.45, 2.75) is 11.4 Å². The summed E-state index contributed by atoms with van der Waals surface area (Å²) in [5.41, 5.74) is 2.95. The maximum Gasteiger partial charge on any atom is 0.339 e. The Bertz CT molecular complexity index is 1100. The number of para-hydroxylation sites is 1. The molecule has 150 valence electrons. The Morgan fingerprint density at radius 1 is 1.03 bits per heavy atom. The van der Waals surface area contributed by atoms with E-state index in [2.05, 4.69) is 36.5 Å². The molecular formula is C19H17BrN4O4S. The molecule has 0 bridgehead atoms. The van der Waals surface area contributed by atoms with Crippen LogP contribution in [0.25, 0.3) is 0 Å². The molecule has 0 aliphatic carbocycles. The third kappa shape index (κ3) is 6.28. The molecule has 3 N–H and O–H groups in total. The topological polar surface area (TPSA) is 113 Å². The molecule has 3 aromatic rings. The van der Waals surface area contributed by atoms with Crippen LogP contribution < -0.4 is 15.5 Å². The van der Waals surface area contributed by atoms with Crippen molar-refractivity contribution >= 4 is 43.9 Å². The first kappa shape index (κ1) is 20.8. The van der Waals surface area contributed by atoms with Gasteiger partial charge in [0.15, 0.2) is 0 Å². The zero-order valence-corrected chi connectivity index (χ0v) is 17.4. The predicted molar refractivity (Wildman–Crippen MR) is 113 cm³/mol. The number of hydrazone groups is 1. The molecule has 0 aliphatic heterocycles. The quantitative estimate of drug-likeness (QED) is 0.356. The molecule has 0 saturated carbocycles. The summed E-state index contributed by atoms with van der Waals surface area (Å²) >= 11 is 3.26. The number of nitrogens with zero attached hydrogens (tertiary/aromatic N) is 1. The van der Waals surface area contributed by atoms with Crippen molar-refractivity contribution in [3.05, 3.63) is 82.7 Å². The Balaban J connectivity index is 1.50. The molecule has 1 heterocycles. The Kier molecular flexibility index (Phi) is 6.81. The van der Waals surface area contributed by atoms with Crippen LogP contribution in [0.15, 0.2) is 85.6 Å². The van der Waals surface area contributed by atoms with Crippen LogP contribution in [-0.2, 0) is 16.6 Å². The zero-order valence-electron chi connectivity index (χ0n) is 15.0. The number of carbonyl (C=O) groups is 1. The molecule has 8 nitrogen and oxygen atoms in total. The highest BCUT2D eigenvalue weighted by Crippen LogP contribution is 2.15. The average Bonchev–Trinajstić information content (AvgIpc) is 3.15. The highest BCUT2D eigenvalue weighted by Gasteiger charge is 2.14. The predicted octanol–water partition coefficient (Wildman–Crippen LogP) is 3.68. The number of nitrogens with one attached hydrogen (secondary N) is 3. The third-order valence-corrected chi connectivity index (χ3v) is 5.58. The molecule has 0 radical (unpaired) electrons. The number of benzene rings is 2. The molecule has 0 fully saturated rings. The lowest BCUT2D eigenvalue weighted by Gasteiger charge is -2.05. The minimum Gasteiger partial charge on any atom is -0.459 e. The van der Waals surface area contributed by atoms with Crippen molar-refractivity contribution < 1.29 is 17.6 Å². The number of hydrogen-bond donors (Lipinski definition) is 3. The van der Waals surface area contributed by atoms with E-state index in [1.54, 1.807) is 48.5 Å². The van der Waals surface area contributed by atoms with Gasteiger partial charge in [0.2, 0.25) is 10.0 Å². The van der Waals surface area contributed by atoms with E-state index in [1.807, 2.05) is 6.07 Å². The fourth-order valence-corrected chi connectivity index (χ4v) is 3.51. The van der Waals surface area contributed by atoms with Gasteiger partial charge < -0.3 is 9.73 Å². The fourth-order valence-electron chi connectivity index (χ4n) is 2.26. The Morgan fingerprint density at radius 3 is 2.48 bits per heavy atom. The molecule has 0 unspecified atom stereocenters. The molecule has 29 heavy (non-hydrogen) atoms. The van der Waals surface area contributed by atoms with Crippen LogP contribution in [0.1, 0.15) is 11.5 Å². The summed E-state index contributed by atoms with van der Waals surface area (Å²) in [5.74, 6) is 0.767. The molecule has 2 amide bonds. The van der Waals surface area contributed by atoms with Gasteiger partial charge in [-0.3, -0.25) is 0 Å². The first-order valence-corrected chi connectivity index (χ1v) is 10.7. The first-order chi connectivity index (χ1) is 13.9. The molecule has 0 atom stereocenters. The van der Waals surface area contributed by atoms with Crippen molar-refractivity contribution in [3.63, 3.8) is 0 Å². The average molecular weight is 477 g/mol. The van der Waals surface area contributed by atoms with E-state index < -0.39 is 16.1 Å². The van der Waals surface area contributed by atoms with Gasteiger partial charge >= 0.3 is 6.03 Å². The van der Waals surface area contributed by atoms with Gasteiger partial charge in [-0.25, -0.2) is 23.4 Å². The SMILES string of the molecule is O=C(N/N=C\c1ccc(CNS(=O)(=O)c2ccc(Br)cc2)o1)Nc1ccccc1. The van der Waals surface area contributed by atoms with Gasteiger partial charge in [0.1, 0.15) is 11.5 Å². The second-order valence-electron chi connectivity index (χ2n) is 5.77. The lowest BCUT2D eigenvalue weighted by Crippen LogP contribution is -2.24. The summed E-state index contributed by atoms with van der Waals surface area (Å²) in [6.45, 7) is -0.0197. The molecule has 0 spiro atoms. The number of amides is 2. The maximum atomic E-state index is 12.3. The van der Waals surface area contributed by atoms with E-state index in [4.69, 9.17) is 4.42 Å². The number of anilines is 1.